The number of amides is 6. The quantitative estimate of drug-likeness (QED) is 0.174. The first-order valence-electron chi connectivity index (χ1n) is 22.8. The van der Waals surface area contributed by atoms with Crippen LogP contribution in [0.5, 0.6) is 0 Å². The molecular weight excluding hydrogens is 854 g/mol. The summed E-state index contributed by atoms with van der Waals surface area (Å²) in [6.07, 6.45) is 3.60. The van der Waals surface area contributed by atoms with E-state index in [0.717, 1.165) is 29.7 Å². The molecule has 5 heterocycles. The topological polar surface area (TPSA) is 197 Å². The predicted octanol–water partition coefficient (Wildman–Crippen LogP) is 5.29. The van der Waals surface area contributed by atoms with Crippen molar-refractivity contribution in [2.24, 2.45) is 11.8 Å². The van der Waals surface area contributed by atoms with E-state index in [1.54, 1.807) is 21.9 Å². The van der Waals surface area contributed by atoms with Gasteiger partial charge in [0.25, 0.3) is 0 Å². The van der Waals surface area contributed by atoms with Crippen molar-refractivity contribution in [3.05, 3.63) is 89.7 Å². The van der Waals surface area contributed by atoms with Gasteiger partial charge in [0.05, 0.1) is 39.5 Å². The zero-order chi connectivity index (χ0) is 46.3. The molecule has 5 aliphatic heterocycles. The van der Waals surface area contributed by atoms with E-state index < -0.39 is 36.4 Å². The molecule has 6 amide bonds. The summed E-state index contributed by atoms with van der Waals surface area (Å²) < 4.78 is 34.8. The second kappa shape index (κ2) is 20.9. The number of ether oxygens (including phenoxy) is 4. The Labute approximate surface area is 383 Å². The SMILES string of the molecule is COC(=O)NC(C(=O)N1CCC[C@H]1C(=O)Nc1ccc([C@H]2CC[C@H](c3ccc(NC(=O)[C@@H]4CCCN4C(=O)[C@@H](NC(=O)OC)[C@H]4CCOC4)cc3)N2c2ccc(F)cc2)cc1)[C@H]1CCOC1. The van der Waals surface area contributed by atoms with E-state index in [-0.39, 0.29) is 53.4 Å². The lowest BCUT2D eigenvalue weighted by Gasteiger charge is -2.33. The van der Waals surface area contributed by atoms with Crippen molar-refractivity contribution in [3.63, 3.8) is 0 Å². The second-order valence-corrected chi connectivity index (χ2v) is 17.6. The van der Waals surface area contributed by atoms with Gasteiger partial charge in [-0.3, -0.25) is 19.2 Å². The van der Waals surface area contributed by atoms with Crippen molar-refractivity contribution < 1.29 is 52.1 Å². The molecule has 0 radical (unpaired) electrons. The lowest BCUT2D eigenvalue weighted by atomic mass is 9.97. The smallest absolute Gasteiger partial charge is 0.407 e. The molecule has 352 valence electrons. The molecule has 0 aliphatic carbocycles. The van der Waals surface area contributed by atoms with E-state index in [0.29, 0.717) is 89.4 Å². The molecule has 5 fully saturated rings. The maximum atomic E-state index is 14.2. The molecule has 0 saturated carbocycles. The molecular formula is C48H58FN7O10. The molecule has 3 aromatic rings. The maximum Gasteiger partial charge on any atom is 0.407 e. The Balaban J connectivity index is 0.929. The van der Waals surface area contributed by atoms with Crippen molar-refractivity contribution in [1.82, 2.24) is 20.4 Å². The van der Waals surface area contributed by atoms with E-state index >= 15 is 0 Å². The highest BCUT2D eigenvalue weighted by Gasteiger charge is 2.44. The summed E-state index contributed by atoms with van der Waals surface area (Å²) in [4.78, 5) is 84.8. The number of nitrogens with zero attached hydrogens (tertiary/aromatic N) is 3. The number of hydrogen-bond acceptors (Lipinski definition) is 11. The molecule has 8 atom stereocenters. The van der Waals surface area contributed by atoms with Gasteiger partial charge in [-0.1, -0.05) is 24.3 Å². The highest BCUT2D eigenvalue weighted by Crippen LogP contribution is 2.47. The van der Waals surface area contributed by atoms with Gasteiger partial charge in [0.15, 0.2) is 0 Å². The third-order valence-corrected chi connectivity index (χ3v) is 13.6. The molecule has 0 spiro atoms. The summed E-state index contributed by atoms with van der Waals surface area (Å²) in [6.45, 7) is 2.41. The minimum atomic E-state index is -0.867. The van der Waals surface area contributed by atoms with E-state index in [2.05, 4.69) is 26.2 Å². The van der Waals surface area contributed by atoms with Crippen LogP contribution in [0.1, 0.15) is 74.6 Å². The average Bonchev–Trinajstić information content (AvgIpc) is 4.20. The Bertz CT molecular complexity index is 2090. The predicted molar refractivity (Wildman–Crippen MR) is 240 cm³/mol. The van der Waals surface area contributed by atoms with Crippen molar-refractivity contribution in [2.45, 2.75) is 87.6 Å². The Morgan fingerprint density at radius 3 is 1.39 bits per heavy atom. The minimum absolute atomic E-state index is 0.0921. The van der Waals surface area contributed by atoms with Gasteiger partial charge in [0.1, 0.15) is 30.0 Å². The number of benzene rings is 3. The van der Waals surface area contributed by atoms with Crippen molar-refractivity contribution in [2.75, 3.05) is 69.3 Å². The summed E-state index contributed by atoms with van der Waals surface area (Å²) >= 11 is 0. The fraction of sp³-hybridized carbons (Fsp3) is 0.500. The lowest BCUT2D eigenvalue weighted by Crippen LogP contribution is -2.55. The first kappa shape index (κ1) is 46.3. The Hall–Kier alpha value is -6.27. The summed E-state index contributed by atoms with van der Waals surface area (Å²) in [7, 11) is 2.48. The number of rotatable bonds is 13. The van der Waals surface area contributed by atoms with Crippen LogP contribution in [0.15, 0.2) is 72.8 Å². The first-order valence-corrected chi connectivity index (χ1v) is 22.8. The Morgan fingerprint density at radius 1 is 0.591 bits per heavy atom. The first-order chi connectivity index (χ1) is 32.0. The van der Waals surface area contributed by atoms with Crippen molar-refractivity contribution >= 4 is 52.9 Å². The number of alkyl carbamates (subject to hydrolysis) is 2. The molecule has 0 bridgehead atoms. The van der Waals surface area contributed by atoms with Gasteiger partial charge in [-0.25, -0.2) is 14.0 Å². The molecule has 8 rings (SSSR count). The Kier molecular flexibility index (Phi) is 14.7. The molecule has 3 aromatic carbocycles. The van der Waals surface area contributed by atoms with Gasteiger partial charge in [-0.05, 0) is 111 Å². The van der Waals surface area contributed by atoms with Crippen LogP contribution < -0.4 is 26.2 Å². The van der Waals surface area contributed by atoms with Gasteiger partial charge in [0, 0.05) is 55.2 Å². The maximum absolute atomic E-state index is 14.2. The number of anilines is 3. The molecule has 17 nitrogen and oxygen atoms in total. The molecule has 18 heteroatoms. The van der Waals surface area contributed by atoms with Crippen LogP contribution in [0.3, 0.4) is 0 Å². The van der Waals surface area contributed by atoms with Crippen LogP contribution in [0.25, 0.3) is 0 Å². The largest absolute Gasteiger partial charge is 0.453 e. The number of carbonyl (C=O) groups excluding carboxylic acids is 6. The minimum Gasteiger partial charge on any atom is -0.453 e. The number of hydrogen-bond donors (Lipinski definition) is 4. The van der Waals surface area contributed by atoms with Crippen LogP contribution >= 0.6 is 0 Å². The third kappa shape index (κ3) is 10.2. The van der Waals surface area contributed by atoms with Gasteiger partial charge < -0.3 is 54.9 Å². The molecule has 5 saturated heterocycles. The number of likely N-dealkylation sites (tertiary alicyclic amines) is 2. The summed E-state index contributed by atoms with van der Waals surface area (Å²) in [5.41, 5.74) is 3.98. The second-order valence-electron chi connectivity index (χ2n) is 17.6. The van der Waals surface area contributed by atoms with Crippen LogP contribution in [0.4, 0.5) is 31.0 Å². The van der Waals surface area contributed by atoms with Crippen LogP contribution in [-0.2, 0) is 38.1 Å². The monoisotopic (exact) mass is 911 g/mol. The zero-order valence-corrected chi connectivity index (χ0v) is 37.2. The van der Waals surface area contributed by atoms with Gasteiger partial charge in [-0.2, -0.15) is 0 Å². The normalized spacial score (nSPS) is 24.7. The highest BCUT2D eigenvalue weighted by atomic mass is 19.1. The van der Waals surface area contributed by atoms with E-state index in [9.17, 15) is 33.2 Å². The number of nitrogens with one attached hydrogen (secondary N) is 4. The van der Waals surface area contributed by atoms with Crippen molar-refractivity contribution in [1.29, 1.82) is 0 Å². The number of methoxy groups -OCH3 is 2. The van der Waals surface area contributed by atoms with E-state index in [1.165, 1.54) is 26.4 Å². The third-order valence-electron chi connectivity index (χ3n) is 13.6. The molecule has 66 heavy (non-hydrogen) atoms. The Morgan fingerprint density at radius 2 is 1.02 bits per heavy atom. The molecule has 0 aromatic heterocycles. The van der Waals surface area contributed by atoms with Gasteiger partial charge in [0.2, 0.25) is 23.6 Å². The van der Waals surface area contributed by atoms with Gasteiger partial charge >= 0.3 is 12.2 Å². The highest BCUT2D eigenvalue weighted by molar-refractivity contribution is 5.99. The van der Waals surface area contributed by atoms with E-state index in [4.69, 9.17) is 18.9 Å². The zero-order valence-electron chi connectivity index (χ0n) is 37.2. The van der Waals surface area contributed by atoms with Crippen LogP contribution in [0.2, 0.25) is 0 Å². The number of carbonyl (C=O) groups is 6. The molecule has 4 N–H and O–H groups in total. The van der Waals surface area contributed by atoms with Crippen LogP contribution in [-0.4, -0.2) is 124 Å². The van der Waals surface area contributed by atoms with Gasteiger partial charge in [-0.15, -0.1) is 0 Å². The molecule has 1 unspecified atom stereocenters. The fourth-order valence-electron chi connectivity index (χ4n) is 10.2. The fourth-order valence-corrected chi connectivity index (χ4v) is 10.2. The van der Waals surface area contributed by atoms with E-state index in [1.807, 2.05) is 48.5 Å². The van der Waals surface area contributed by atoms with Crippen LogP contribution in [0, 0.1) is 17.7 Å². The summed E-state index contributed by atoms with van der Waals surface area (Å²) in [6, 6.07) is 18.3. The molecule has 5 aliphatic rings. The lowest BCUT2D eigenvalue weighted by molar-refractivity contribution is -0.139. The van der Waals surface area contributed by atoms with Crippen molar-refractivity contribution in [3.8, 4) is 0 Å². The number of halogens is 1. The summed E-state index contributed by atoms with van der Waals surface area (Å²) in [5, 5.41) is 11.3. The standard InChI is InChI=1S/C48H58FN7O10/c1-63-47(61)52-41(31-21-25-65-27-31)45(59)54-23-3-5-39(54)43(57)50-34-13-7-29(8-14-34)37-19-20-38(56(37)36-17-11-33(49)12-18-36)30-9-15-35(16-10-30)51-44(58)40-6-4-24-55(40)46(60)42(53-48(62)64-2)32-22-26-66-28-32/h7-18,31-32,37-42H,3-6,19-28H2,1-2H3,(H,50,57)(H,51,58)(H,52,61)(H,53,62)/t31-,32-,37+,38+,39-,40-,41-,42?/m0/s1. The summed E-state index contributed by atoms with van der Waals surface area (Å²) in [5.74, 6) is -2.09. The average molecular weight is 912 g/mol.